The topological polar surface area (TPSA) is 74.7 Å². The predicted molar refractivity (Wildman–Crippen MR) is 62.1 cm³/mol. The Bertz CT molecular complexity index is 568. The maximum Gasteiger partial charge on any atom is 0.133 e. The number of aromatic hydroxyl groups is 1. The van der Waals surface area contributed by atoms with Crippen LogP contribution in [0.25, 0.3) is 11.3 Å². The van der Waals surface area contributed by atoms with Gasteiger partial charge in [-0.3, -0.25) is 0 Å². The summed E-state index contributed by atoms with van der Waals surface area (Å²) in [7, 11) is 0. The Labute approximate surface area is 98.9 Å². The lowest BCUT2D eigenvalue weighted by atomic mass is 10.1. The molecule has 0 saturated heterocycles. The Morgan fingerprint density at radius 1 is 1.47 bits per heavy atom. The van der Waals surface area contributed by atoms with Gasteiger partial charge in [-0.05, 0) is 24.6 Å². The molecule has 17 heavy (non-hydrogen) atoms. The minimum Gasteiger partial charge on any atom is -0.507 e. The standard InChI is InChI=1S/C12H12N4O/c1-2-5-16-11(8-14-15-16)9-3-4-12(17)10(6-9)7-13/h3-4,6,8,17H,2,5H2,1H3. The largest absolute Gasteiger partial charge is 0.507 e. The molecule has 86 valence electrons. The molecule has 0 unspecified atom stereocenters. The van der Waals surface area contributed by atoms with E-state index < -0.39 is 0 Å². The van der Waals surface area contributed by atoms with E-state index in [1.807, 2.05) is 6.07 Å². The highest BCUT2D eigenvalue weighted by atomic mass is 16.3. The number of hydrogen-bond donors (Lipinski definition) is 1. The second-order valence-corrected chi connectivity index (χ2v) is 3.69. The average molecular weight is 228 g/mol. The third kappa shape index (κ3) is 2.11. The molecule has 5 heteroatoms. The van der Waals surface area contributed by atoms with E-state index in [0.717, 1.165) is 24.2 Å². The van der Waals surface area contributed by atoms with E-state index in [1.54, 1.807) is 23.0 Å². The number of rotatable bonds is 3. The summed E-state index contributed by atoms with van der Waals surface area (Å²) in [6, 6.07) is 6.85. The number of nitrogens with zero attached hydrogens (tertiary/aromatic N) is 4. The molecule has 1 aromatic heterocycles. The summed E-state index contributed by atoms with van der Waals surface area (Å²) in [6.45, 7) is 2.83. The molecule has 2 rings (SSSR count). The van der Waals surface area contributed by atoms with E-state index >= 15 is 0 Å². The van der Waals surface area contributed by atoms with Crippen LogP contribution in [0.2, 0.25) is 0 Å². The van der Waals surface area contributed by atoms with Crippen LogP contribution in [0.4, 0.5) is 0 Å². The van der Waals surface area contributed by atoms with Crippen LogP contribution in [0.1, 0.15) is 18.9 Å². The van der Waals surface area contributed by atoms with Crippen molar-refractivity contribution in [2.24, 2.45) is 0 Å². The van der Waals surface area contributed by atoms with Crippen molar-refractivity contribution in [3.05, 3.63) is 30.0 Å². The minimum atomic E-state index is -0.00855. The van der Waals surface area contributed by atoms with Crippen LogP contribution in [-0.2, 0) is 6.54 Å². The second kappa shape index (κ2) is 4.66. The Kier molecular flexibility index (Phi) is 3.06. The van der Waals surface area contributed by atoms with Gasteiger partial charge in [0.2, 0.25) is 0 Å². The summed E-state index contributed by atoms with van der Waals surface area (Å²) in [5.41, 5.74) is 1.94. The molecule has 0 atom stereocenters. The van der Waals surface area contributed by atoms with Gasteiger partial charge in [-0.1, -0.05) is 12.1 Å². The number of hydrogen-bond acceptors (Lipinski definition) is 4. The number of aromatic nitrogens is 3. The Balaban J connectivity index is 2.46. The van der Waals surface area contributed by atoms with Crippen LogP contribution in [0.3, 0.4) is 0 Å². The molecular weight excluding hydrogens is 216 g/mol. The molecule has 0 aliphatic carbocycles. The van der Waals surface area contributed by atoms with Gasteiger partial charge in [0.25, 0.3) is 0 Å². The van der Waals surface area contributed by atoms with E-state index in [4.69, 9.17) is 5.26 Å². The van der Waals surface area contributed by atoms with Crippen LogP contribution < -0.4 is 0 Å². The van der Waals surface area contributed by atoms with E-state index in [0.29, 0.717) is 0 Å². The zero-order valence-electron chi connectivity index (χ0n) is 9.46. The molecule has 0 radical (unpaired) electrons. The molecule has 0 aliphatic rings. The van der Waals surface area contributed by atoms with Crippen molar-refractivity contribution >= 4 is 0 Å². The second-order valence-electron chi connectivity index (χ2n) is 3.69. The minimum absolute atomic E-state index is 0.00855. The monoisotopic (exact) mass is 228 g/mol. The number of benzene rings is 1. The molecule has 0 aliphatic heterocycles. The van der Waals surface area contributed by atoms with Crippen molar-refractivity contribution in [1.29, 1.82) is 5.26 Å². The Hall–Kier alpha value is -2.35. The van der Waals surface area contributed by atoms with Gasteiger partial charge in [0, 0.05) is 12.1 Å². The zero-order valence-corrected chi connectivity index (χ0v) is 9.46. The third-order valence-electron chi connectivity index (χ3n) is 2.47. The Morgan fingerprint density at radius 2 is 2.29 bits per heavy atom. The van der Waals surface area contributed by atoms with Gasteiger partial charge in [0.15, 0.2) is 0 Å². The smallest absolute Gasteiger partial charge is 0.133 e. The number of phenols is 1. The van der Waals surface area contributed by atoms with Crippen LogP contribution in [0, 0.1) is 11.3 Å². The first kappa shape index (κ1) is 11.1. The molecule has 1 heterocycles. The quantitative estimate of drug-likeness (QED) is 0.871. The lowest BCUT2D eigenvalue weighted by molar-refractivity contribution is 0.473. The van der Waals surface area contributed by atoms with E-state index in [-0.39, 0.29) is 11.3 Å². The van der Waals surface area contributed by atoms with Gasteiger partial charge in [-0.15, -0.1) is 5.10 Å². The first-order valence-corrected chi connectivity index (χ1v) is 5.38. The fourth-order valence-electron chi connectivity index (χ4n) is 1.64. The van der Waals surface area contributed by atoms with E-state index in [9.17, 15) is 5.11 Å². The van der Waals surface area contributed by atoms with Crippen molar-refractivity contribution in [2.75, 3.05) is 0 Å². The highest BCUT2D eigenvalue weighted by Gasteiger charge is 2.08. The van der Waals surface area contributed by atoms with Crippen molar-refractivity contribution in [3.63, 3.8) is 0 Å². The van der Waals surface area contributed by atoms with Gasteiger partial charge < -0.3 is 5.11 Å². The fourth-order valence-corrected chi connectivity index (χ4v) is 1.64. The van der Waals surface area contributed by atoms with Gasteiger partial charge in [0.1, 0.15) is 11.8 Å². The highest BCUT2D eigenvalue weighted by molar-refractivity contribution is 5.63. The van der Waals surface area contributed by atoms with Crippen LogP contribution >= 0.6 is 0 Å². The summed E-state index contributed by atoms with van der Waals surface area (Å²) < 4.78 is 1.79. The molecule has 0 amide bonds. The first-order chi connectivity index (χ1) is 8.26. The SMILES string of the molecule is CCCn1nncc1-c1ccc(O)c(C#N)c1. The number of phenolic OH excluding ortho intramolecular Hbond substituents is 1. The molecule has 5 nitrogen and oxygen atoms in total. The maximum absolute atomic E-state index is 9.44. The molecule has 0 bridgehead atoms. The van der Waals surface area contributed by atoms with Gasteiger partial charge >= 0.3 is 0 Å². The molecule has 0 saturated carbocycles. The van der Waals surface area contributed by atoms with Gasteiger partial charge in [0.05, 0.1) is 17.5 Å². The summed E-state index contributed by atoms with van der Waals surface area (Å²) >= 11 is 0. The van der Waals surface area contributed by atoms with Crippen LogP contribution in [0.5, 0.6) is 5.75 Å². The Morgan fingerprint density at radius 3 is 3.00 bits per heavy atom. The van der Waals surface area contributed by atoms with E-state index in [1.165, 1.54) is 6.07 Å². The molecule has 0 fully saturated rings. The van der Waals surface area contributed by atoms with Crippen molar-refractivity contribution in [3.8, 4) is 23.1 Å². The molecule has 0 spiro atoms. The normalized spacial score (nSPS) is 10.1. The summed E-state index contributed by atoms with van der Waals surface area (Å²) in [5, 5.41) is 26.2. The molecular formula is C12H12N4O. The summed E-state index contributed by atoms with van der Waals surface area (Å²) in [6.07, 6.45) is 2.61. The van der Waals surface area contributed by atoms with Gasteiger partial charge in [-0.2, -0.15) is 5.26 Å². The van der Waals surface area contributed by atoms with Crippen molar-refractivity contribution in [2.45, 2.75) is 19.9 Å². The summed E-state index contributed by atoms with van der Waals surface area (Å²) in [5.74, 6) is -0.00855. The number of nitriles is 1. The highest BCUT2D eigenvalue weighted by Crippen LogP contribution is 2.24. The number of aryl methyl sites for hydroxylation is 1. The fraction of sp³-hybridized carbons (Fsp3) is 0.250. The lowest BCUT2D eigenvalue weighted by Crippen LogP contribution is -2.01. The zero-order chi connectivity index (χ0) is 12.3. The van der Waals surface area contributed by atoms with E-state index in [2.05, 4.69) is 17.2 Å². The van der Waals surface area contributed by atoms with Crippen molar-refractivity contribution < 1.29 is 5.11 Å². The molecule has 1 N–H and O–H groups in total. The van der Waals surface area contributed by atoms with Crippen LogP contribution in [0.15, 0.2) is 24.4 Å². The predicted octanol–water partition coefficient (Wildman–Crippen LogP) is 1.93. The summed E-state index contributed by atoms with van der Waals surface area (Å²) in [4.78, 5) is 0. The molecule has 1 aromatic carbocycles. The maximum atomic E-state index is 9.44. The third-order valence-corrected chi connectivity index (χ3v) is 2.47. The molecule has 2 aromatic rings. The van der Waals surface area contributed by atoms with Crippen LogP contribution in [-0.4, -0.2) is 20.1 Å². The van der Waals surface area contributed by atoms with Gasteiger partial charge in [-0.25, -0.2) is 4.68 Å². The van der Waals surface area contributed by atoms with Crippen molar-refractivity contribution in [1.82, 2.24) is 15.0 Å². The first-order valence-electron chi connectivity index (χ1n) is 5.38. The lowest BCUT2D eigenvalue weighted by Gasteiger charge is -2.05. The average Bonchev–Trinajstić information content (AvgIpc) is 2.78.